The van der Waals surface area contributed by atoms with Gasteiger partial charge in [-0.2, -0.15) is 0 Å². The van der Waals surface area contributed by atoms with Gasteiger partial charge in [0.25, 0.3) is 0 Å². The SMILES string of the molecule is CCN(Cc1ccc(CO)cc1)CC1CCCNC1. The third kappa shape index (κ3) is 4.60. The molecular weight excluding hydrogens is 236 g/mol. The molecule has 1 aromatic carbocycles. The van der Waals surface area contributed by atoms with E-state index in [1.165, 1.54) is 38.0 Å². The third-order valence-electron chi connectivity index (χ3n) is 3.97. The highest BCUT2D eigenvalue weighted by Crippen LogP contribution is 2.14. The summed E-state index contributed by atoms with van der Waals surface area (Å²) in [5, 5.41) is 12.5. The van der Waals surface area contributed by atoms with E-state index in [1.54, 1.807) is 0 Å². The Morgan fingerprint density at radius 3 is 2.58 bits per heavy atom. The molecule has 1 unspecified atom stereocenters. The Kier molecular flexibility index (Phi) is 5.83. The molecule has 1 saturated heterocycles. The smallest absolute Gasteiger partial charge is 0.0681 e. The van der Waals surface area contributed by atoms with Gasteiger partial charge in [0.15, 0.2) is 0 Å². The van der Waals surface area contributed by atoms with E-state index >= 15 is 0 Å². The van der Waals surface area contributed by atoms with Gasteiger partial charge in [-0.15, -0.1) is 0 Å². The first-order valence-electron chi connectivity index (χ1n) is 7.43. The van der Waals surface area contributed by atoms with E-state index in [-0.39, 0.29) is 6.61 Å². The van der Waals surface area contributed by atoms with Gasteiger partial charge in [0, 0.05) is 13.1 Å². The standard InChI is InChI=1S/C16H26N2O/c1-2-18(12-16-4-3-9-17-10-16)11-14-5-7-15(13-19)8-6-14/h5-8,16-17,19H,2-4,9-13H2,1H3. The van der Waals surface area contributed by atoms with Crippen molar-refractivity contribution in [3.8, 4) is 0 Å². The van der Waals surface area contributed by atoms with Gasteiger partial charge in [-0.25, -0.2) is 0 Å². The minimum absolute atomic E-state index is 0.130. The summed E-state index contributed by atoms with van der Waals surface area (Å²) in [4.78, 5) is 2.52. The maximum atomic E-state index is 9.06. The predicted molar refractivity (Wildman–Crippen MR) is 78.9 cm³/mol. The zero-order valence-corrected chi connectivity index (χ0v) is 11.9. The van der Waals surface area contributed by atoms with Crippen molar-refractivity contribution in [3.63, 3.8) is 0 Å². The molecule has 0 bridgehead atoms. The van der Waals surface area contributed by atoms with Gasteiger partial charge in [-0.05, 0) is 49.5 Å². The zero-order chi connectivity index (χ0) is 13.5. The highest BCUT2D eigenvalue weighted by atomic mass is 16.3. The number of piperidine rings is 1. The van der Waals surface area contributed by atoms with Crippen LogP contribution in [0.4, 0.5) is 0 Å². The number of hydrogen-bond acceptors (Lipinski definition) is 3. The van der Waals surface area contributed by atoms with E-state index in [1.807, 2.05) is 12.1 Å². The van der Waals surface area contributed by atoms with Crippen molar-refractivity contribution in [1.29, 1.82) is 0 Å². The molecule has 0 amide bonds. The van der Waals surface area contributed by atoms with Crippen molar-refractivity contribution >= 4 is 0 Å². The second kappa shape index (κ2) is 7.63. The van der Waals surface area contributed by atoms with Crippen LogP contribution in [0.5, 0.6) is 0 Å². The quantitative estimate of drug-likeness (QED) is 0.823. The van der Waals surface area contributed by atoms with Gasteiger partial charge in [-0.1, -0.05) is 31.2 Å². The highest BCUT2D eigenvalue weighted by molar-refractivity contribution is 5.21. The lowest BCUT2D eigenvalue weighted by Gasteiger charge is -2.29. The maximum Gasteiger partial charge on any atom is 0.0681 e. The second-order valence-corrected chi connectivity index (χ2v) is 5.51. The molecule has 0 spiro atoms. The lowest BCUT2D eigenvalue weighted by molar-refractivity contribution is 0.209. The molecular formula is C16H26N2O. The molecule has 3 nitrogen and oxygen atoms in total. The molecule has 1 atom stereocenters. The summed E-state index contributed by atoms with van der Waals surface area (Å²) >= 11 is 0. The molecule has 19 heavy (non-hydrogen) atoms. The topological polar surface area (TPSA) is 35.5 Å². The lowest BCUT2D eigenvalue weighted by atomic mass is 9.99. The number of aliphatic hydroxyl groups is 1. The molecule has 1 aromatic rings. The maximum absolute atomic E-state index is 9.06. The summed E-state index contributed by atoms with van der Waals surface area (Å²) in [6.07, 6.45) is 2.67. The number of benzene rings is 1. The van der Waals surface area contributed by atoms with Gasteiger partial charge in [0.1, 0.15) is 0 Å². The Balaban J connectivity index is 1.86. The molecule has 106 valence electrons. The van der Waals surface area contributed by atoms with Crippen molar-refractivity contribution < 1.29 is 5.11 Å². The highest BCUT2D eigenvalue weighted by Gasteiger charge is 2.16. The summed E-state index contributed by atoms with van der Waals surface area (Å²) in [6, 6.07) is 8.30. The summed E-state index contributed by atoms with van der Waals surface area (Å²) in [7, 11) is 0. The summed E-state index contributed by atoms with van der Waals surface area (Å²) < 4.78 is 0. The van der Waals surface area contributed by atoms with E-state index in [2.05, 4.69) is 29.3 Å². The Bertz CT molecular complexity index is 358. The zero-order valence-electron chi connectivity index (χ0n) is 11.9. The van der Waals surface area contributed by atoms with Crippen molar-refractivity contribution in [2.75, 3.05) is 26.2 Å². The van der Waals surface area contributed by atoms with Crippen LogP contribution in [0.1, 0.15) is 30.9 Å². The van der Waals surface area contributed by atoms with Crippen LogP contribution >= 0.6 is 0 Å². The minimum atomic E-state index is 0.130. The molecule has 1 aliphatic heterocycles. The number of aliphatic hydroxyl groups excluding tert-OH is 1. The molecule has 2 rings (SSSR count). The van der Waals surface area contributed by atoms with Gasteiger partial charge in [-0.3, -0.25) is 4.90 Å². The Morgan fingerprint density at radius 2 is 2.00 bits per heavy atom. The average Bonchev–Trinajstić information content (AvgIpc) is 2.48. The molecule has 1 heterocycles. The third-order valence-corrected chi connectivity index (χ3v) is 3.97. The fourth-order valence-corrected chi connectivity index (χ4v) is 2.76. The van der Waals surface area contributed by atoms with Crippen LogP contribution in [0.2, 0.25) is 0 Å². The largest absolute Gasteiger partial charge is 0.392 e. The first-order chi connectivity index (χ1) is 9.31. The summed E-state index contributed by atoms with van der Waals surface area (Å²) in [6.45, 7) is 8.01. The van der Waals surface area contributed by atoms with Crippen molar-refractivity contribution in [1.82, 2.24) is 10.2 Å². The van der Waals surface area contributed by atoms with Crippen LogP contribution in [-0.2, 0) is 13.2 Å². The van der Waals surface area contributed by atoms with Crippen LogP contribution in [0, 0.1) is 5.92 Å². The molecule has 1 aliphatic rings. The van der Waals surface area contributed by atoms with E-state index in [0.717, 1.165) is 24.6 Å². The molecule has 0 aromatic heterocycles. The van der Waals surface area contributed by atoms with Gasteiger partial charge >= 0.3 is 0 Å². The molecule has 0 aliphatic carbocycles. The number of hydrogen-bond donors (Lipinski definition) is 2. The first-order valence-corrected chi connectivity index (χ1v) is 7.43. The van der Waals surface area contributed by atoms with Crippen molar-refractivity contribution in [2.24, 2.45) is 5.92 Å². The average molecular weight is 262 g/mol. The van der Waals surface area contributed by atoms with E-state index in [4.69, 9.17) is 5.11 Å². The van der Waals surface area contributed by atoms with Gasteiger partial charge in [0.05, 0.1) is 6.61 Å². The fraction of sp³-hybridized carbons (Fsp3) is 0.625. The van der Waals surface area contributed by atoms with Crippen molar-refractivity contribution in [3.05, 3.63) is 35.4 Å². The molecule has 3 heteroatoms. The van der Waals surface area contributed by atoms with Crippen LogP contribution < -0.4 is 5.32 Å². The number of nitrogens with one attached hydrogen (secondary N) is 1. The Hall–Kier alpha value is -0.900. The summed E-state index contributed by atoms with van der Waals surface area (Å²) in [5.74, 6) is 0.797. The van der Waals surface area contributed by atoms with Crippen LogP contribution in [0.25, 0.3) is 0 Å². The van der Waals surface area contributed by atoms with Crippen LogP contribution in [0.3, 0.4) is 0 Å². The lowest BCUT2D eigenvalue weighted by Crippen LogP contribution is -2.38. The predicted octanol–water partition coefficient (Wildman–Crippen LogP) is 2.00. The van der Waals surface area contributed by atoms with Gasteiger partial charge in [0.2, 0.25) is 0 Å². The molecule has 1 fully saturated rings. The van der Waals surface area contributed by atoms with Crippen LogP contribution in [0.15, 0.2) is 24.3 Å². The normalized spacial score (nSPS) is 19.8. The Labute approximate surface area is 116 Å². The van der Waals surface area contributed by atoms with Crippen molar-refractivity contribution in [2.45, 2.75) is 32.9 Å². The molecule has 0 saturated carbocycles. The minimum Gasteiger partial charge on any atom is -0.392 e. The van der Waals surface area contributed by atoms with Crippen LogP contribution in [-0.4, -0.2) is 36.2 Å². The molecule has 0 radical (unpaired) electrons. The Morgan fingerprint density at radius 1 is 1.26 bits per heavy atom. The van der Waals surface area contributed by atoms with E-state index in [0.29, 0.717) is 0 Å². The summed E-state index contributed by atoms with van der Waals surface area (Å²) in [5.41, 5.74) is 2.33. The fourth-order valence-electron chi connectivity index (χ4n) is 2.76. The van der Waals surface area contributed by atoms with E-state index < -0.39 is 0 Å². The second-order valence-electron chi connectivity index (χ2n) is 5.51. The van der Waals surface area contributed by atoms with Gasteiger partial charge < -0.3 is 10.4 Å². The van der Waals surface area contributed by atoms with E-state index in [9.17, 15) is 0 Å². The number of nitrogens with zero attached hydrogens (tertiary/aromatic N) is 1. The first kappa shape index (κ1) is 14.5. The molecule has 2 N–H and O–H groups in total. The number of rotatable bonds is 6. The monoisotopic (exact) mass is 262 g/mol.